The van der Waals surface area contributed by atoms with Gasteiger partial charge in [0.15, 0.2) is 0 Å². The van der Waals surface area contributed by atoms with Gasteiger partial charge in [-0.1, -0.05) is 19.1 Å². The molecule has 0 fully saturated rings. The van der Waals surface area contributed by atoms with E-state index < -0.39 is 12.1 Å². The number of carbonyl (C=O) groups excluding carboxylic acids is 1. The molecule has 1 unspecified atom stereocenters. The van der Waals surface area contributed by atoms with Crippen molar-refractivity contribution in [2.45, 2.75) is 26.4 Å². The molecule has 2 aromatic rings. The van der Waals surface area contributed by atoms with E-state index in [2.05, 4.69) is 0 Å². The Morgan fingerprint density at radius 1 is 1.39 bits per heavy atom. The number of ether oxygens (including phenoxy) is 1. The predicted octanol–water partition coefficient (Wildman–Crippen LogP) is 3.11. The SMILES string of the molecule is CCc1cc(C(=O)N2CC(C(=O)O)Oc3ccccc32)sc1C. The van der Waals surface area contributed by atoms with Crippen LogP contribution in [0.3, 0.4) is 0 Å². The first-order chi connectivity index (χ1) is 11.0. The second-order valence-corrected chi connectivity index (χ2v) is 6.63. The van der Waals surface area contributed by atoms with Crippen molar-refractivity contribution in [2.24, 2.45) is 0 Å². The maximum atomic E-state index is 12.9. The first-order valence-corrected chi connectivity index (χ1v) is 8.22. The highest BCUT2D eigenvalue weighted by Crippen LogP contribution is 2.35. The Morgan fingerprint density at radius 3 is 2.78 bits per heavy atom. The van der Waals surface area contributed by atoms with Gasteiger partial charge in [-0.25, -0.2) is 4.79 Å². The molecule has 0 saturated heterocycles. The van der Waals surface area contributed by atoms with Crippen molar-refractivity contribution in [1.29, 1.82) is 0 Å². The van der Waals surface area contributed by atoms with E-state index in [0.717, 1.165) is 16.9 Å². The van der Waals surface area contributed by atoms with E-state index >= 15 is 0 Å². The number of carbonyl (C=O) groups is 2. The van der Waals surface area contributed by atoms with E-state index in [1.54, 1.807) is 24.3 Å². The van der Waals surface area contributed by atoms with E-state index in [1.165, 1.54) is 16.2 Å². The molecule has 0 saturated carbocycles. The lowest BCUT2D eigenvalue weighted by molar-refractivity contribution is -0.144. The molecule has 0 radical (unpaired) electrons. The quantitative estimate of drug-likeness (QED) is 0.938. The van der Waals surface area contributed by atoms with Gasteiger partial charge < -0.3 is 9.84 Å². The summed E-state index contributed by atoms with van der Waals surface area (Å²) in [5.41, 5.74) is 1.76. The molecule has 1 atom stereocenters. The number of hydrogen-bond acceptors (Lipinski definition) is 4. The van der Waals surface area contributed by atoms with Crippen LogP contribution in [0.15, 0.2) is 30.3 Å². The van der Waals surface area contributed by atoms with Crippen molar-refractivity contribution in [3.05, 3.63) is 45.6 Å². The standard InChI is InChI=1S/C17H17NO4S/c1-3-11-8-15(23-10(11)2)16(19)18-9-14(17(20)21)22-13-7-5-4-6-12(13)18/h4-8,14H,3,9H2,1-2H3,(H,20,21). The van der Waals surface area contributed by atoms with E-state index in [9.17, 15) is 14.7 Å². The van der Waals surface area contributed by atoms with Crippen LogP contribution in [-0.4, -0.2) is 29.6 Å². The average molecular weight is 331 g/mol. The molecule has 1 aromatic heterocycles. The molecular weight excluding hydrogens is 314 g/mol. The summed E-state index contributed by atoms with van der Waals surface area (Å²) in [5, 5.41) is 9.26. The number of amides is 1. The van der Waals surface area contributed by atoms with E-state index in [-0.39, 0.29) is 12.5 Å². The molecule has 1 aromatic carbocycles. The van der Waals surface area contributed by atoms with Gasteiger partial charge in [-0.3, -0.25) is 9.69 Å². The molecule has 0 bridgehead atoms. The number of carboxylic acid groups (broad SMARTS) is 1. The lowest BCUT2D eigenvalue weighted by Crippen LogP contribution is -2.47. The second-order valence-electron chi connectivity index (χ2n) is 5.37. The van der Waals surface area contributed by atoms with E-state index in [4.69, 9.17) is 4.74 Å². The summed E-state index contributed by atoms with van der Waals surface area (Å²) in [7, 11) is 0. The normalized spacial score (nSPS) is 16.6. The summed E-state index contributed by atoms with van der Waals surface area (Å²) in [6, 6.07) is 8.92. The third kappa shape index (κ3) is 2.82. The van der Waals surface area contributed by atoms with Crippen molar-refractivity contribution in [3.8, 4) is 5.75 Å². The molecule has 0 aliphatic carbocycles. The zero-order valence-corrected chi connectivity index (χ0v) is 13.7. The van der Waals surface area contributed by atoms with Gasteiger partial charge in [0.25, 0.3) is 5.91 Å². The average Bonchev–Trinajstić information content (AvgIpc) is 2.94. The van der Waals surface area contributed by atoms with Gasteiger partial charge in [-0.2, -0.15) is 0 Å². The highest BCUT2D eigenvalue weighted by molar-refractivity contribution is 7.14. The minimum absolute atomic E-state index is 0.00356. The number of hydrogen-bond donors (Lipinski definition) is 1. The zero-order chi connectivity index (χ0) is 16.6. The number of thiophene rings is 1. The minimum Gasteiger partial charge on any atom is -0.478 e. The number of benzene rings is 1. The summed E-state index contributed by atoms with van der Waals surface area (Å²) < 4.78 is 5.47. The largest absolute Gasteiger partial charge is 0.478 e. The Kier molecular flexibility index (Phi) is 4.09. The molecule has 6 heteroatoms. The van der Waals surface area contributed by atoms with Crippen molar-refractivity contribution < 1.29 is 19.4 Å². The predicted molar refractivity (Wildman–Crippen MR) is 88.6 cm³/mol. The molecule has 0 spiro atoms. The monoisotopic (exact) mass is 331 g/mol. The Hall–Kier alpha value is -2.34. The lowest BCUT2D eigenvalue weighted by atomic mass is 10.1. The van der Waals surface area contributed by atoms with Crippen LogP contribution >= 0.6 is 11.3 Å². The van der Waals surface area contributed by atoms with Crippen LogP contribution in [0.1, 0.15) is 27.0 Å². The molecule has 3 rings (SSSR count). The molecule has 5 nitrogen and oxygen atoms in total. The second kappa shape index (κ2) is 6.04. The van der Waals surface area contributed by atoms with Crippen LogP contribution in [-0.2, 0) is 11.2 Å². The fourth-order valence-electron chi connectivity index (χ4n) is 2.66. The Bertz CT molecular complexity index is 768. The maximum absolute atomic E-state index is 12.9. The van der Waals surface area contributed by atoms with Crippen LogP contribution < -0.4 is 9.64 Å². The fraction of sp³-hybridized carbons (Fsp3) is 0.294. The van der Waals surface area contributed by atoms with Crippen LogP contribution in [0.4, 0.5) is 5.69 Å². The number of para-hydroxylation sites is 2. The smallest absolute Gasteiger partial charge is 0.346 e. The van der Waals surface area contributed by atoms with Gasteiger partial charge in [-0.15, -0.1) is 11.3 Å². The van der Waals surface area contributed by atoms with Crippen molar-refractivity contribution in [1.82, 2.24) is 0 Å². The van der Waals surface area contributed by atoms with E-state index in [1.807, 2.05) is 19.9 Å². The first-order valence-electron chi connectivity index (χ1n) is 7.41. The topological polar surface area (TPSA) is 66.8 Å². The van der Waals surface area contributed by atoms with Gasteiger partial charge in [0, 0.05) is 4.88 Å². The number of anilines is 1. The van der Waals surface area contributed by atoms with Gasteiger partial charge in [0.2, 0.25) is 6.10 Å². The summed E-state index contributed by atoms with van der Waals surface area (Å²) >= 11 is 1.45. The third-order valence-electron chi connectivity index (χ3n) is 3.91. The zero-order valence-electron chi connectivity index (χ0n) is 12.9. The number of aliphatic carboxylic acids is 1. The van der Waals surface area contributed by atoms with Crippen molar-refractivity contribution in [3.63, 3.8) is 0 Å². The van der Waals surface area contributed by atoms with Crippen molar-refractivity contribution in [2.75, 3.05) is 11.4 Å². The number of nitrogens with zero attached hydrogens (tertiary/aromatic N) is 1. The molecule has 1 amide bonds. The molecule has 120 valence electrons. The van der Waals surface area contributed by atoms with Crippen molar-refractivity contribution >= 4 is 28.9 Å². The third-order valence-corrected chi connectivity index (χ3v) is 4.99. The van der Waals surface area contributed by atoms with Crippen LogP contribution in [0.25, 0.3) is 0 Å². The number of fused-ring (bicyclic) bond motifs is 1. The van der Waals surface area contributed by atoms with Gasteiger partial charge in [-0.05, 0) is 37.1 Å². The number of carboxylic acids is 1. The Morgan fingerprint density at radius 2 is 2.13 bits per heavy atom. The molecule has 1 N–H and O–H groups in total. The first kappa shape index (κ1) is 15.6. The van der Waals surface area contributed by atoms with E-state index in [0.29, 0.717) is 16.3 Å². The number of aryl methyl sites for hydroxylation is 2. The molecule has 23 heavy (non-hydrogen) atoms. The fourth-order valence-corrected chi connectivity index (χ4v) is 3.73. The summed E-state index contributed by atoms with van der Waals surface area (Å²) in [6.45, 7) is 4.05. The van der Waals surface area contributed by atoms with Gasteiger partial charge >= 0.3 is 5.97 Å². The summed E-state index contributed by atoms with van der Waals surface area (Å²) in [5.74, 6) is -0.836. The lowest BCUT2D eigenvalue weighted by Gasteiger charge is -2.32. The van der Waals surface area contributed by atoms with Gasteiger partial charge in [0.1, 0.15) is 5.75 Å². The number of rotatable bonds is 3. The minimum atomic E-state index is -1.08. The van der Waals surface area contributed by atoms with Crippen LogP contribution in [0.5, 0.6) is 5.75 Å². The summed E-state index contributed by atoms with van der Waals surface area (Å²) in [6.07, 6.45) is -0.187. The molecule has 2 heterocycles. The molecular formula is C17H17NO4S. The summed E-state index contributed by atoms with van der Waals surface area (Å²) in [4.78, 5) is 27.5. The maximum Gasteiger partial charge on any atom is 0.346 e. The van der Waals surface area contributed by atoms with Gasteiger partial charge in [0.05, 0.1) is 17.1 Å². The highest BCUT2D eigenvalue weighted by Gasteiger charge is 2.34. The van der Waals surface area contributed by atoms with Crippen LogP contribution in [0.2, 0.25) is 0 Å². The Balaban J connectivity index is 1.99. The highest BCUT2D eigenvalue weighted by atomic mass is 32.1. The Labute approximate surface area is 138 Å². The van der Waals surface area contributed by atoms with Crippen LogP contribution in [0, 0.1) is 6.92 Å². The molecule has 1 aliphatic heterocycles. The molecule has 1 aliphatic rings.